The van der Waals surface area contributed by atoms with E-state index in [0.29, 0.717) is 18.1 Å². The molecule has 0 aliphatic carbocycles. The van der Waals surface area contributed by atoms with Crippen molar-refractivity contribution in [3.63, 3.8) is 0 Å². The molecule has 0 bridgehead atoms. The highest BCUT2D eigenvalue weighted by molar-refractivity contribution is 7.09. The Balaban J connectivity index is 1.80. The number of hydrogen-bond donors (Lipinski definition) is 2. The standard InChI is InChI=1S/C19H25F3N4OS/c1-3-23-18(24-9-8-17-12-28-14(2)26-17)25-10-15-4-6-16(7-5-15)11-27-13-19(20,21)22/h4-7,12H,3,8-11,13H2,1-2H3,(H2,23,24,25). The molecule has 2 rings (SSSR count). The summed E-state index contributed by atoms with van der Waals surface area (Å²) in [5, 5.41) is 9.59. The van der Waals surface area contributed by atoms with E-state index in [1.807, 2.05) is 26.0 Å². The van der Waals surface area contributed by atoms with Gasteiger partial charge in [-0.15, -0.1) is 11.3 Å². The summed E-state index contributed by atoms with van der Waals surface area (Å²) in [4.78, 5) is 8.98. The second-order valence-electron chi connectivity index (χ2n) is 6.15. The van der Waals surface area contributed by atoms with Crippen LogP contribution in [0.3, 0.4) is 0 Å². The Bertz CT molecular complexity index is 744. The second-order valence-corrected chi connectivity index (χ2v) is 7.22. The van der Waals surface area contributed by atoms with Crippen LogP contribution in [-0.4, -0.2) is 36.8 Å². The van der Waals surface area contributed by atoms with E-state index >= 15 is 0 Å². The van der Waals surface area contributed by atoms with Gasteiger partial charge in [-0.3, -0.25) is 0 Å². The molecular weight excluding hydrogens is 389 g/mol. The van der Waals surface area contributed by atoms with Gasteiger partial charge in [0, 0.05) is 24.9 Å². The minimum absolute atomic E-state index is 0.0661. The fraction of sp³-hybridized carbons (Fsp3) is 0.474. The van der Waals surface area contributed by atoms with Gasteiger partial charge in [0.2, 0.25) is 0 Å². The third-order valence-corrected chi connectivity index (χ3v) is 4.48. The van der Waals surface area contributed by atoms with Crippen LogP contribution in [0.2, 0.25) is 0 Å². The van der Waals surface area contributed by atoms with E-state index in [2.05, 4.69) is 30.7 Å². The van der Waals surface area contributed by atoms with E-state index in [0.717, 1.165) is 35.8 Å². The van der Waals surface area contributed by atoms with Crippen molar-refractivity contribution in [3.05, 3.63) is 51.5 Å². The van der Waals surface area contributed by atoms with Gasteiger partial charge < -0.3 is 15.4 Å². The highest BCUT2D eigenvalue weighted by Gasteiger charge is 2.27. The number of benzene rings is 1. The van der Waals surface area contributed by atoms with Crippen molar-refractivity contribution in [1.29, 1.82) is 0 Å². The summed E-state index contributed by atoms with van der Waals surface area (Å²) in [6.07, 6.45) is -3.48. The molecule has 0 spiro atoms. The van der Waals surface area contributed by atoms with Crippen LogP contribution in [0.4, 0.5) is 13.2 Å². The first-order valence-corrected chi connectivity index (χ1v) is 9.89. The highest BCUT2D eigenvalue weighted by atomic mass is 32.1. The molecule has 0 saturated heterocycles. The lowest BCUT2D eigenvalue weighted by Gasteiger charge is -2.11. The lowest BCUT2D eigenvalue weighted by atomic mass is 10.1. The number of nitrogens with zero attached hydrogens (tertiary/aromatic N) is 2. The van der Waals surface area contributed by atoms with Crippen molar-refractivity contribution in [2.24, 2.45) is 4.99 Å². The molecule has 2 aromatic rings. The van der Waals surface area contributed by atoms with Gasteiger partial charge >= 0.3 is 6.18 Å². The molecule has 0 aliphatic heterocycles. The normalized spacial score (nSPS) is 12.2. The number of rotatable bonds is 9. The molecule has 0 unspecified atom stereocenters. The number of thiazole rings is 1. The van der Waals surface area contributed by atoms with Crippen molar-refractivity contribution in [2.45, 2.75) is 39.6 Å². The van der Waals surface area contributed by atoms with Gasteiger partial charge in [0.25, 0.3) is 0 Å². The number of aliphatic imine (C=N–C) groups is 1. The summed E-state index contributed by atoms with van der Waals surface area (Å²) in [5.41, 5.74) is 2.72. The Morgan fingerprint density at radius 2 is 1.89 bits per heavy atom. The van der Waals surface area contributed by atoms with Crippen LogP contribution in [0.15, 0.2) is 34.6 Å². The number of halogens is 3. The zero-order valence-electron chi connectivity index (χ0n) is 16.0. The monoisotopic (exact) mass is 414 g/mol. The Morgan fingerprint density at radius 1 is 1.18 bits per heavy atom. The quantitative estimate of drug-likeness (QED) is 0.484. The molecule has 0 fully saturated rings. The number of ether oxygens (including phenoxy) is 1. The summed E-state index contributed by atoms with van der Waals surface area (Å²) in [6, 6.07) is 7.20. The first-order chi connectivity index (χ1) is 13.4. The number of aryl methyl sites for hydroxylation is 1. The van der Waals surface area contributed by atoms with E-state index < -0.39 is 12.8 Å². The molecule has 154 valence electrons. The SMILES string of the molecule is CCNC(=NCc1ccc(COCC(F)(F)F)cc1)NCCc1csc(C)n1. The molecule has 1 heterocycles. The van der Waals surface area contributed by atoms with Gasteiger partial charge in [-0.2, -0.15) is 13.2 Å². The van der Waals surface area contributed by atoms with Gasteiger partial charge in [-0.1, -0.05) is 24.3 Å². The molecule has 9 heteroatoms. The van der Waals surface area contributed by atoms with Crippen molar-refractivity contribution in [3.8, 4) is 0 Å². The average molecular weight is 414 g/mol. The maximum atomic E-state index is 12.1. The molecule has 1 aromatic heterocycles. The smallest absolute Gasteiger partial charge is 0.367 e. The Hall–Kier alpha value is -2.13. The fourth-order valence-corrected chi connectivity index (χ4v) is 3.02. The fourth-order valence-electron chi connectivity index (χ4n) is 2.37. The summed E-state index contributed by atoms with van der Waals surface area (Å²) in [5.74, 6) is 0.715. The van der Waals surface area contributed by atoms with Gasteiger partial charge in [0.15, 0.2) is 5.96 Å². The van der Waals surface area contributed by atoms with Crippen molar-refractivity contribution in [2.75, 3.05) is 19.7 Å². The maximum Gasteiger partial charge on any atom is 0.411 e. The molecule has 5 nitrogen and oxygen atoms in total. The van der Waals surface area contributed by atoms with Crippen LogP contribution in [-0.2, 0) is 24.3 Å². The molecule has 0 atom stereocenters. The third-order valence-electron chi connectivity index (χ3n) is 3.66. The first kappa shape index (κ1) is 22.2. The zero-order valence-corrected chi connectivity index (χ0v) is 16.8. The van der Waals surface area contributed by atoms with E-state index in [4.69, 9.17) is 0 Å². The van der Waals surface area contributed by atoms with Crippen molar-refractivity contribution in [1.82, 2.24) is 15.6 Å². The molecule has 28 heavy (non-hydrogen) atoms. The largest absolute Gasteiger partial charge is 0.411 e. The predicted octanol–water partition coefficient (Wildman–Crippen LogP) is 3.83. The zero-order chi connectivity index (χ0) is 20.4. The van der Waals surface area contributed by atoms with Crippen molar-refractivity contribution < 1.29 is 17.9 Å². The third kappa shape index (κ3) is 8.71. The second kappa shape index (κ2) is 11.0. The van der Waals surface area contributed by atoms with Gasteiger partial charge in [0.1, 0.15) is 6.61 Å². The Labute approximate surface area is 167 Å². The Morgan fingerprint density at radius 3 is 2.50 bits per heavy atom. The van der Waals surface area contributed by atoms with Crippen LogP contribution in [0.5, 0.6) is 0 Å². The number of hydrogen-bond acceptors (Lipinski definition) is 4. The number of aromatic nitrogens is 1. The predicted molar refractivity (Wildman–Crippen MR) is 106 cm³/mol. The van der Waals surface area contributed by atoms with Gasteiger partial charge in [-0.25, -0.2) is 9.98 Å². The summed E-state index contributed by atoms with van der Waals surface area (Å²) < 4.78 is 40.9. The van der Waals surface area contributed by atoms with Crippen LogP contribution in [0.25, 0.3) is 0 Å². The topological polar surface area (TPSA) is 58.5 Å². The molecule has 0 radical (unpaired) electrons. The van der Waals surface area contributed by atoms with Gasteiger partial charge in [0.05, 0.1) is 23.9 Å². The summed E-state index contributed by atoms with van der Waals surface area (Å²) >= 11 is 1.64. The first-order valence-electron chi connectivity index (χ1n) is 9.01. The minimum Gasteiger partial charge on any atom is -0.367 e. The molecule has 2 N–H and O–H groups in total. The summed E-state index contributed by atoms with van der Waals surface area (Å²) in [7, 11) is 0. The van der Waals surface area contributed by atoms with E-state index in [9.17, 15) is 13.2 Å². The van der Waals surface area contributed by atoms with Crippen LogP contribution < -0.4 is 10.6 Å². The highest BCUT2D eigenvalue weighted by Crippen LogP contribution is 2.16. The Kier molecular flexibility index (Phi) is 8.72. The van der Waals surface area contributed by atoms with Crippen molar-refractivity contribution >= 4 is 17.3 Å². The molecule has 0 aliphatic rings. The molecule has 0 saturated carbocycles. The lowest BCUT2D eigenvalue weighted by Crippen LogP contribution is -2.38. The number of guanidine groups is 1. The maximum absolute atomic E-state index is 12.1. The van der Waals surface area contributed by atoms with E-state index in [-0.39, 0.29) is 6.61 Å². The average Bonchev–Trinajstić information content (AvgIpc) is 3.05. The lowest BCUT2D eigenvalue weighted by molar-refractivity contribution is -0.176. The van der Waals surface area contributed by atoms with E-state index in [1.54, 1.807) is 23.5 Å². The molecule has 0 amide bonds. The van der Waals surface area contributed by atoms with Crippen LogP contribution in [0, 0.1) is 6.92 Å². The van der Waals surface area contributed by atoms with Crippen LogP contribution >= 0.6 is 11.3 Å². The molecule has 1 aromatic carbocycles. The van der Waals surface area contributed by atoms with E-state index in [1.165, 1.54) is 0 Å². The molecular formula is C19H25F3N4OS. The number of alkyl halides is 3. The van der Waals surface area contributed by atoms with Crippen LogP contribution in [0.1, 0.15) is 28.8 Å². The summed E-state index contributed by atoms with van der Waals surface area (Å²) in [6.45, 7) is 4.62. The minimum atomic E-state index is -4.30. The van der Waals surface area contributed by atoms with Gasteiger partial charge in [-0.05, 0) is 25.0 Å². The number of nitrogens with one attached hydrogen (secondary N) is 2.